The van der Waals surface area contributed by atoms with E-state index in [0.717, 1.165) is 6.42 Å². The molecule has 0 rings (SSSR count). The Hall–Kier alpha value is -1.89. The average Bonchev–Trinajstić information content (AvgIpc) is 2.75. The summed E-state index contributed by atoms with van der Waals surface area (Å²) in [5, 5.41) is 16.9. The Bertz CT molecular complexity index is 595. The summed E-state index contributed by atoms with van der Waals surface area (Å²) in [5.74, 6) is -2.12. The Kier molecular flexibility index (Phi) is 16.6. The standard InChI is InChI=1S/C20H40N6O5S/c1-13(17(27)26-16(20(30)31)8-4-6-11-22)24-19(29)15(9-12-32-2)25-18(28)14(23)7-3-5-10-21/h13-16H,3-12,21-23H2,1-2H3,(H,24,29)(H,25,28)(H,26,27)(H,30,31). The van der Waals surface area contributed by atoms with Gasteiger partial charge in [0.05, 0.1) is 6.04 Å². The molecule has 0 aliphatic rings. The van der Waals surface area contributed by atoms with Crippen LogP contribution < -0.4 is 33.2 Å². The van der Waals surface area contributed by atoms with Crippen molar-refractivity contribution < 1.29 is 24.3 Å². The molecule has 32 heavy (non-hydrogen) atoms. The van der Waals surface area contributed by atoms with Gasteiger partial charge in [0.15, 0.2) is 0 Å². The van der Waals surface area contributed by atoms with Crippen LogP contribution in [-0.4, -0.2) is 78.1 Å². The SMILES string of the molecule is CSCCC(NC(=O)C(N)CCCCN)C(=O)NC(C)C(=O)NC(CCCCN)C(=O)O. The van der Waals surface area contributed by atoms with Crippen LogP contribution in [0.15, 0.2) is 0 Å². The molecule has 11 nitrogen and oxygen atoms in total. The number of rotatable bonds is 18. The van der Waals surface area contributed by atoms with Crippen LogP contribution in [0.5, 0.6) is 0 Å². The van der Waals surface area contributed by atoms with E-state index in [1.54, 1.807) is 0 Å². The van der Waals surface area contributed by atoms with E-state index in [2.05, 4.69) is 16.0 Å². The highest BCUT2D eigenvalue weighted by molar-refractivity contribution is 7.98. The number of carboxylic acids is 1. The fourth-order valence-corrected chi connectivity index (χ4v) is 3.32. The van der Waals surface area contributed by atoms with Gasteiger partial charge in [-0.05, 0) is 70.5 Å². The summed E-state index contributed by atoms with van der Waals surface area (Å²) in [6.07, 6.45) is 5.61. The number of carbonyl (C=O) groups is 4. The normalized spacial score (nSPS) is 14.7. The van der Waals surface area contributed by atoms with E-state index in [0.29, 0.717) is 50.9 Å². The molecule has 0 saturated heterocycles. The summed E-state index contributed by atoms with van der Waals surface area (Å²) < 4.78 is 0. The third kappa shape index (κ3) is 12.8. The summed E-state index contributed by atoms with van der Waals surface area (Å²) in [4.78, 5) is 48.9. The van der Waals surface area contributed by atoms with E-state index in [9.17, 15) is 24.3 Å². The first kappa shape index (κ1) is 30.1. The quantitative estimate of drug-likeness (QED) is 0.120. The molecule has 0 heterocycles. The molecule has 12 heteroatoms. The fourth-order valence-electron chi connectivity index (χ4n) is 2.85. The molecule has 0 aliphatic heterocycles. The Morgan fingerprint density at radius 2 is 1.38 bits per heavy atom. The van der Waals surface area contributed by atoms with E-state index in [-0.39, 0.29) is 6.42 Å². The highest BCUT2D eigenvalue weighted by Crippen LogP contribution is 2.05. The molecule has 4 unspecified atom stereocenters. The number of amides is 3. The van der Waals surface area contributed by atoms with Crippen LogP contribution in [-0.2, 0) is 19.2 Å². The van der Waals surface area contributed by atoms with Crippen molar-refractivity contribution in [2.24, 2.45) is 17.2 Å². The predicted octanol–water partition coefficient (Wildman–Crippen LogP) is -1.12. The molecule has 3 amide bonds. The third-order valence-electron chi connectivity index (χ3n) is 4.86. The lowest BCUT2D eigenvalue weighted by Crippen LogP contribution is -2.56. The van der Waals surface area contributed by atoms with Gasteiger partial charge in [-0.15, -0.1) is 0 Å². The van der Waals surface area contributed by atoms with Gasteiger partial charge in [0.1, 0.15) is 18.1 Å². The van der Waals surface area contributed by atoms with Crippen molar-refractivity contribution in [3.05, 3.63) is 0 Å². The molecule has 0 aliphatic carbocycles. The lowest BCUT2D eigenvalue weighted by Gasteiger charge is -2.23. The maximum Gasteiger partial charge on any atom is 0.326 e. The van der Waals surface area contributed by atoms with E-state index in [1.165, 1.54) is 18.7 Å². The second-order valence-corrected chi connectivity index (χ2v) is 8.63. The van der Waals surface area contributed by atoms with Crippen LogP contribution in [0, 0.1) is 0 Å². The highest BCUT2D eigenvalue weighted by atomic mass is 32.2. The summed E-state index contributed by atoms with van der Waals surface area (Å²) in [7, 11) is 0. The monoisotopic (exact) mass is 476 g/mol. The molecule has 0 bridgehead atoms. The summed E-state index contributed by atoms with van der Waals surface area (Å²) in [6.45, 7) is 2.41. The number of hydrogen-bond donors (Lipinski definition) is 7. The minimum atomic E-state index is -1.15. The van der Waals surface area contributed by atoms with Gasteiger partial charge in [-0.3, -0.25) is 14.4 Å². The van der Waals surface area contributed by atoms with Crippen molar-refractivity contribution in [1.29, 1.82) is 0 Å². The van der Waals surface area contributed by atoms with Crippen molar-refractivity contribution in [3.63, 3.8) is 0 Å². The van der Waals surface area contributed by atoms with Gasteiger partial charge < -0.3 is 38.3 Å². The number of hydrogen-bond acceptors (Lipinski definition) is 8. The summed E-state index contributed by atoms with van der Waals surface area (Å²) in [5.41, 5.74) is 16.8. The molecule has 0 fully saturated rings. The van der Waals surface area contributed by atoms with Gasteiger partial charge in [0.2, 0.25) is 17.7 Å². The Morgan fingerprint density at radius 1 is 0.812 bits per heavy atom. The Morgan fingerprint density at radius 3 is 1.91 bits per heavy atom. The molecule has 0 spiro atoms. The number of nitrogens with two attached hydrogens (primary N) is 3. The molecular weight excluding hydrogens is 436 g/mol. The first-order chi connectivity index (χ1) is 15.2. The number of unbranched alkanes of at least 4 members (excludes halogenated alkanes) is 2. The minimum Gasteiger partial charge on any atom is -0.480 e. The first-order valence-electron chi connectivity index (χ1n) is 11.0. The molecule has 0 saturated carbocycles. The molecular formula is C20H40N6O5S. The van der Waals surface area contributed by atoms with Crippen LogP contribution in [0.1, 0.15) is 51.9 Å². The molecule has 0 radical (unpaired) electrons. The number of carboxylic acid groups (broad SMARTS) is 1. The van der Waals surface area contributed by atoms with Gasteiger partial charge in [0, 0.05) is 0 Å². The van der Waals surface area contributed by atoms with E-state index in [4.69, 9.17) is 17.2 Å². The molecule has 186 valence electrons. The number of nitrogens with one attached hydrogen (secondary N) is 3. The van der Waals surface area contributed by atoms with Gasteiger partial charge in [-0.2, -0.15) is 11.8 Å². The number of aliphatic carboxylic acids is 1. The third-order valence-corrected chi connectivity index (χ3v) is 5.51. The zero-order chi connectivity index (χ0) is 24.5. The second-order valence-electron chi connectivity index (χ2n) is 7.65. The molecule has 4 atom stereocenters. The second kappa shape index (κ2) is 17.6. The average molecular weight is 477 g/mol. The molecule has 10 N–H and O–H groups in total. The minimum absolute atomic E-state index is 0.243. The van der Waals surface area contributed by atoms with Gasteiger partial charge in [0.25, 0.3) is 0 Å². The van der Waals surface area contributed by atoms with Crippen LogP contribution >= 0.6 is 11.8 Å². The zero-order valence-corrected chi connectivity index (χ0v) is 19.9. The molecule has 0 aromatic heterocycles. The number of carbonyl (C=O) groups excluding carboxylic acids is 3. The van der Waals surface area contributed by atoms with E-state index in [1.807, 2.05) is 6.26 Å². The van der Waals surface area contributed by atoms with Gasteiger partial charge >= 0.3 is 5.97 Å². The van der Waals surface area contributed by atoms with E-state index < -0.39 is 47.9 Å². The van der Waals surface area contributed by atoms with Crippen LogP contribution in [0.25, 0.3) is 0 Å². The smallest absolute Gasteiger partial charge is 0.326 e. The predicted molar refractivity (Wildman–Crippen MR) is 126 cm³/mol. The Labute approximate surface area is 194 Å². The van der Waals surface area contributed by atoms with Crippen molar-refractivity contribution in [2.45, 2.75) is 76.0 Å². The van der Waals surface area contributed by atoms with Crippen LogP contribution in [0.4, 0.5) is 0 Å². The summed E-state index contributed by atoms with van der Waals surface area (Å²) >= 11 is 1.52. The zero-order valence-electron chi connectivity index (χ0n) is 19.1. The van der Waals surface area contributed by atoms with Crippen molar-refractivity contribution in [2.75, 3.05) is 25.1 Å². The van der Waals surface area contributed by atoms with Crippen molar-refractivity contribution in [3.8, 4) is 0 Å². The lowest BCUT2D eigenvalue weighted by molar-refractivity contribution is -0.142. The topological polar surface area (TPSA) is 203 Å². The molecule has 0 aromatic carbocycles. The van der Waals surface area contributed by atoms with Crippen molar-refractivity contribution >= 4 is 35.5 Å². The highest BCUT2D eigenvalue weighted by Gasteiger charge is 2.28. The van der Waals surface area contributed by atoms with Crippen molar-refractivity contribution in [1.82, 2.24) is 16.0 Å². The van der Waals surface area contributed by atoms with Crippen LogP contribution in [0.2, 0.25) is 0 Å². The fraction of sp³-hybridized carbons (Fsp3) is 0.800. The van der Waals surface area contributed by atoms with Gasteiger partial charge in [-0.1, -0.05) is 6.42 Å². The van der Waals surface area contributed by atoms with Crippen LogP contribution in [0.3, 0.4) is 0 Å². The lowest BCUT2D eigenvalue weighted by atomic mass is 10.1. The van der Waals surface area contributed by atoms with Gasteiger partial charge in [-0.25, -0.2) is 4.79 Å². The first-order valence-corrected chi connectivity index (χ1v) is 12.4. The Balaban J connectivity index is 4.90. The summed E-state index contributed by atoms with van der Waals surface area (Å²) in [6, 6.07) is -3.65. The molecule has 0 aromatic rings. The maximum absolute atomic E-state index is 12.7. The largest absolute Gasteiger partial charge is 0.480 e. The number of thioether (sulfide) groups is 1. The van der Waals surface area contributed by atoms with E-state index >= 15 is 0 Å². The maximum atomic E-state index is 12.7.